The molecule has 0 unspecified atom stereocenters. The van der Waals surface area contributed by atoms with Gasteiger partial charge in [0.2, 0.25) is 0 Å². The Hall–Kier alpha value is -0.0800. The molecule has 0 saturated carbocycles. The zero-order valence-electron chi connectivity index (χ0n) is 7.44. The average molecular weight is 146 g/mol. The van der Waals surface area contributed by atoms with Gasteiger partial charge in [-0.05, 0) is 13.3 Å². The van der Waals surface area contributed by atoms with Crippen LogP contribution in [0, 0.1) is 0 Å². The first kappa shape index (κ1) is 9.92. The lowest BCUT2D eigenvalue weighted by atomic mass is 10.2. The van der Waals surface area contributed by atoms with E-state index in [2.05, 4.69) is 6.92 Å². The first-order valence-corrected chi connectivity index (χ1v) is 4.05. The minimum absolute atomic E-state index is 0.264. The Morgan fingerprint density at radius 1 is 1.20 bits per heavy atom. The van der Waals surface area contributed by atoms with Crippen LogP contribution in [0.25, 0.3) is 0 Å². The fourth-order valence-electron chi connectivity index (χ4n) is 0.761. The molecule has 0 bridgehead atoms. The van der Waals surface area contributed by atoms with Crippen molar-refractivity contribution in [3.05, 3.63) is 0 Å². The van der Waals surface area contributed by atoms with E-state index in [1.165, 1.54) is 0 Å². The highest BCUT2D eigenvalue weighted by Gasteiger charge is 2.27. The topological polar surface area (TPSA) is 18.5 Å². The van der Waals surface area contributed by atoms with Gasteiger partial charge in [-0.25, -0.2) is 0 Å². The minimum Gasteiger partial charge on any atom is -0.348 e. The number of hydrogen-bond donors (Lipinski definition) is 0. The number of ether oxygens (including phenoxy) is 2. The molecule has 1 saturated heterocycles. The van der Waals surface area contributed by atoms with Gasteiger partial charge in [0.1, 0.15) is 0 Å². The van der Waals surface area contributed by atoms with Crippen LogP contribution in [0.2, 0.25) is 0 Å². The van der Waals surface area contributed by atoms with Crippen molar-refractivity contribution in [2.45, 2.75) is 39.9 Å². The Bertz CT molecular complexity index is 75.3. The molecule has 2 nitrogen and oxygen atoms in total. The Kier molecular flexibility index (Phi) is 4.65. The summed E-state index contributed by atoms with van der Waals surface area (Å²) in [6.45, 7) is 9.54. The normalized spacial score (nSPS) is 21.6. The fraction of sp³-hybridized carbons (Fsp3) is 1.00. The molecular formula is C8H18O2. The largest absolute Gasteiger partial charge is 0.348 e. The summed E-state index contributed by atoms with van der Waals surface area (Å²) < 4.78 is 10.5. The molecule has 62 valence electrons. The maximum absolute atomic E-state index is 5.27. The van der Waals surface area contributed by atoms with Crippen LogP contribution in [-0.4, -0.2) is 19.0 Å². The maximum atomic E-state index is 5.27. The van der Waals surface area contributed by atoms with E-state index in [0.717, 1.165) is 19.6 Å². The molecule has 1 aliphatic rings. The molecule has 1 aliphatic heterocycles. The van der Waals surface area contributed by atoms with Gasteiger partial charge in [0, 0.05) is 0 Å². The average Bonchev–Trinajstić information content (AvgIpc) is 2.42. The van der Waals surface area contributed by atoms with Crippen molar-refractivity contribution < 1.29 is 9.47 Å². The fourth-order valence-corrected chi connectivity index (χ4v) is 0.761. The van der Waals surface area contributed by atoms with Crippen LogP contribution >= 0.6 is 0 Å². The van der Waals surface area contributed by atoms with Gasteiger partial charge in [-0.15, -0.1) is 0 Å². The Labute approximate surface area is 63.5 Å². The van der Waals surface area contributed by atoms with Crippen molar-refractivity contribution in [1.29, 1.82) is 0 Å². The third-order valence-electron chi connectivity index (χ3n) is 1.54. The van der Waals surface area contributed by atoms with Gasteiger partial charge < -0.3 is 9.47 Å². The minimum atomic E-state index is -0.264. The molecule has 0 aliphatic carbocycles. The van der Waals surface area contributed by atoms with Crippen LogP contribution in [0.3, 0.4) is 0 Å². The summed E-state index contributed by atoms with van der Waals surface area (Å²) in [4.78, 5) is 0. The first-order chi connectivity index (χ1) is 4.77. The predicted octanol–water partition coefficient (Wildman–Crippen LogP) is 2.19. The van der Waals surface area contributed by atoms with Crippen LogP contribution < -0.4 is 0 Å². The van der Waals surface area contributed by atoms with Crippen molar-refractivity contribution in [2.75, 3.05) is 13.2 Å². The Morgan fingerprint density at radius 3 is 1.80 bits per heavy atom. The highest BCUT2D eigenvalue weighted by atomic mass is 16.7. The van der Waals surface area contributed by atoms with Gasteiger partial charge in [-0.1, -0.05) is 20.8 Å². The molecule has 0 aromatic rings. The summed E-state index contributed by atoms with van der Waals surface area (Å²) in [6.07, 6.45) is 0.938. The lowest BCUT2D eigenvalue weighted by molar-refractivity contribution is -0.143. The molecule has 0 spiro atoms. The highest BCUT2D eigenvalue weighted by molar-refractivity contribution is 4.64. The standard InChI is InChI=1S/C6H12O2.C2H6/c1-3-6(2)7-4-5-8-6;1-2/h3-5H2,1-2H3;1-2H3. The molecule has 0 N–H and O–H groups in total. The second-order valence-corrected chi connectivity index (χ2v) is 2.18. The monoisotopic (exact) mass is 146 g/mol. The smallest absolute Gasteiger partial charge is 0.165 e. The highest BCUT2D eigenvalue weighted by Crippen LogP contribution is 2.21. The number of hydrogen-bond acceptors (Lipinski definition) is 2. The van der Waals surface area contributed by atoms with E-state index < -0.39 is 0 Å². The second kappa shape index (κ2) is 4.69. The summed E-state index contributed by atoms with van der Waals surface area (Å²) in [5.74, 6) is -0.264. The van der Waals surface area contributed by atoms with Crippen molar-refractivity contribution in [2.24, 2.45) is 0 Å². The van der Waals surface area contributed by atoms with Crippen LogP contribution in [-0.2, 0) is 9.47 Å². The van der Waals surface area contributed by atoms with Crippen LogP contribution in [0.15, 0.2) is 0 Å². The summed E-state index contributed by atoms with van der Waals surface area (Å²) in [5, 5.41) is 0. The van der Waals surface area contributed by atoms with E-state index in [0.29, 0.717) is 0 Å². The van der Waals surface area contributed by atoms with Gasteiger partial charge in [-0.3, -0.25) is 0 Å². The first-order valence-electron chi connectivity index (χ1n) is 4.05. The molecule has 0 amide bonds. The molecule has 1 rings (SSSR count). The van der Waals surface area contributed by atoms with Crippen LogP contribution in [0.1, 0.15) is 34.1 Å². The molecule has 2 heteroatoms. The summed E-state index contributed by atoms with van der Waals surface area (Å²) in [5.41, 5.74) is 0. The summed E-state index contributed by atoms with van der Waals surface area (Å²) in [6, 6.07) is 0. The lowest BCUT2D eigenvalue weighted by Gasteiger charge is -2.18. The van der Waals surface area contributed by atoms with Gasteiger partial charge in [0.25, 0.3) is 0 Å². The molecular weight excluding hydrogens is 128 g/mol. The van der Waals surface area contributed by atoms with Crippen molar-refractivity contribution in [3.8, 4) is 0 Å². The second-order valence-electron chi connectivity index (χ2n) is 2.18. The Morgan fingerprint density at radius 2 is 1.60 bits per heavy atom. The molecule has 1 fully saturated rings. The van der Waals surface area contributed by atoms with Gasteiger partial charge >= 0.3 is 0 Å². The maximum Gasteiger partial charge on any atom is 0.165 e. The third kappa shape index (κ3) is 2.67. The summed E-state index contributed by atoms with van der Waals surface area (Å²) in [7, 11) is 0. The van der Waals surface area contributed by atoms with Crippen molar-refractivity contribution in [3.63, 3.8) is 0 Å². The van der Waals surface area contributed by atoms with Crippen molar-refractivity contribution >= 4 is 0 Å². The zero-order chi connectivity index (χ0) is 8.04. The third-order valence-corrected chi connectivity index (χ3v) is 1.54. The summed E-state index contributed by atoms with van der Waals surface area (Å²) >= 11 is 0. The van der Waals surface area contributed by atoms with Gasteiger partial charge in [0.05, 0.1) is 13.2 Å². The molecule has 0 aromatic heterocycles. The van der Waals surface area contributed by atoms with E-state index in [1.54, 1.807) is 0 Å². The van der Waals surface area contributed by atoms with E-state index in [9.17, 15) is 0 Å². The number of rotatable bonds is 1. The van der Waals surface area contributed by atoms with Crippen molar-refractivity contribution in [1.82, 2.24) is 0 Å². The predicted molar refractivity (Wildman–Crippen MR) is 41.9 cm³/mol. The van der Waals surface area contributed by atoms with Gasteiger partial charge in [0.15, 0.2) is 5.79 Å². The molecule has 0 aromatic carbocycles. The quantitative estimate of drug-likeness (QED) is 0.564. The van der Waals surface area contributed by atoms with Crippen LogP contribution in [0.5, 0.6) is 0 Å². The molecule has 0 radical (unpaired) electrons. The van der Waals surface area contributed by atoms with Crippen LogP contribution in [0.4, 0.5) is 0 Å². The van der Waals surface area contributed by atoms with Gasteiger partial charge in [-0.2, -0.15) is 0 Å². The zero-order valence-corrected chi connectivity index (χ0v) is 7.44. The SMILES string of the molecule is CC.CCC1(C)OCCO1. The Balaban J connectivity index is 0.000000371. The molecule has 1 heterocycles. The van der Waals surface area contributed by atoms with E-state index in [4.69, 9.17) is 9.47 Å². The van der Waals surface area contributed by atoms with E-state index in [1.807, 2.05) is 20.8 Å². The van der Waals surface area contributed by atoms with E-state index in [-0.39, 0.29) is 5.79 Å². The molecule has 0 atom stereocenters. The van der Waals surface area contributed by atoms with E-state index >= 15 is 0 Å². The molecule has 10 heavy (non-hydrogen) atoms. The lowest BCUT2D eigenvalue weighted by Crippen LogP contribution is -2.23.